The van der Waals surface area contributed by atoms with Crippen LogP contribution in [0.3, 0.4) is 0 Å². The minimum atomic E-state index is -0.115. The van der Waals surface area contributed by atoms with Gasteiger partial charge in [0.25, 0.3) is 0 Å². The van der Waals surface area contributed by atoms with Crippen LogP contribution in [0.1, 0.15) is 59.3 Å². The van der Waals surface area contributed by atoms with Crippen LogP contribution >= 0.6 is 0 Å². The molecule has 0 aromatic rings. The molecule has 0 aliphatic carbocycles. The molecule has 2 aliphatic heterocycles. The molecular formula is C16H30N2O. The van der Waals surface area contributed by atoms with Crippen molar-refractivity contribution >= 4 is 5.91 Å². The molecule has 0 saturated carbocycles. The van der Waals surface area contributed by atoms with Crippen molar-refractivity contribution in [2.24, 2.45) is 10.8 Å². The Kier molecular flexibility index (Phi) is 4.54. The highest BCUT2D eigenvalue weighted by molar-refractivity contribution is 5.83. The van der Waals surface area contributed by atoms with Gasteiger partial charge in [-0.2, -0.15) is 0 Å². The van der Waals surface area contributed by atoms with Crippen molar-refractivity contribution in [2.75, 3.05) is 26.2 Å². The Morgan fingerprint density at radius 3 is 2.37 bits per heavy atom. The van der Waals surface area contributed by atoms with E-state index in [4.69, 9.17) is 0 Å². The molecule has 1 atom stereocenters. The molecule has 2 aliphatic rings. The summed E-state index contributed by atoms with van der Waals surface area (Å²) in [6.07, 6.45) is 6.77. The van der Waals surface area contributed by atoms with E-state index in [0.29, 0.717) is 11.3 Å². The minimum absolute atomic E-state index is 0.115. The lowest BCUT2D eigenvalue weighted by Gasteiger charge is -2.39. The summed E-state index contributed by atoms with van der Waals surface area (Å²) < 4.78 is 0. The summed E-state index contributed by atoms with van der Waals surface area (Å²) in [6.45, 7) is 10.6. The van der Waals surface area contributed by atoms with Gasteiger partial charge in [0.15, 0.2) is 0 Å². The highest BCUT2D eigenvalue weighted by atomic mass is 16.2. The number of hydrogen-bond donors (Lipinski definition) is 1. The first-order valence-electron chi connectivity index (χ1n) is 8.11. The van der Waals surface area contributed by atoms with Gasteiger partial charge < -0.3 is 10.2 Å². The van der Waals surface area contributed by atoms with Crippen molar-refractivity contribution in [3.05, 3.63) is 0 Å². The van der Waals surface area contributed by atoms with Crippen molar-refractivity contribution in [2.45, 2.75) is 59.3 Å². The molecule has 1 N–H and O–H groups in total. The lowest BCUT2D eigenvalue weighted by Crippen LogP contribution is -2.51. The average Bonchev–Trinajstić information content (AvgIpc) is 2.92. The topological polar surface area (TPSA) is 32.3 Å². The Hall–Kier alpha value is -0.570. The Morgan fingerprint density at radius 1 is 1.16 bits per heavy atom. The fourth-order valence-electron chi connectivity index (χ4n) is 3.87. The average molecular weight is 266 g/mol. The zero-order valence-corrected chi connectivity index (χ0v) is 12.9. The van der Waals surface area contributed by atoms with Crippen LogP contribution < -0.4 is 5.32 Å². The van der Waals surface area contributed by atoms with Gasteiger partial charge in [-0.25, -0.2) is 0 Å². The van der Waals surface area contributed by atoms with E-state index in [1.165, 1.54) is 19.3 Å². The Bertz CT molecular complexity index is 317. The molecule has 2 rings (SSSR count). The summed E-state index contributed by atoms with van der Waals surface area (Å²) >= 11 is 0. The Labute approximate surface area is 118 Å². The van der Waals surface area contributed by atoms with Crippen LogP contribution in [0.4, 0.5) is 0 Å². The van der Waals surface area contributed by atoms with E-state index in [2.05, 4.69) is 31.0 Å². The van der Waals surface area contributed by atoms with E-state index in [1.807, 2.05) is 0 Å². The van der Waals surface area contributed by atoms with Gasteiger partial charge in [0.05, 0.1) is 5.41 Å². The quantitative estimate of drug-likeness (QED) is 0.848. The summed E-state index contributed by atoms with van der Waals surface area (Å²) in [7, 11) is 0. The standard InChI is InChI=1S/C16H30N2O/c1-4-15(5-2)9-11-18(13-15)14(19)16(6-3)8-7-10-17-12-16/h17H,4-13H2,1-3H3. The van der Waals surface area contributed by atoms with Crippen LogP contribution in [0.2, 0.25) is 0 Å². The number of hydrogen-bond acceptors (Lipinski definition) is 2. The highest BCUT2D eigenvalue weighted by Gasteiger charge is 2.45. The lowest BCUT2D eigenvalue weighted by atomic mass is 9.77. The zero-order chi connectivity index (χ0) is 13.9. The Morgan fingerprint density at radius 2 is 1.89 bits per heavy atom. The lowest BCUT2D eigenvalue weighted by molar-refractivity contribution is -0.143. The number of carbonyl (C=O) groups is 1. The molecular weight excluding hydrogens is 236 g/mol. The predicted octanol–water partition coefficient (Wildman–Crippen LogP) is 2.80. The van der Waals surface area contributed by atoms with Gasteiger partial charge in [-0.3, -0.25) is 4.79 Å². The molecule has 0 aromatic heterocycles. The fourth-order valence-corrected chi connectivity index (χ4v) is 3.87. The van der Waals surface area contributed by atoms with Crippen molar-refractivity contribution in [3.63, 3.8) is 0 Å². The molecule has 0 aromatic carbocycles. The molecule has 2 fully saturated rings. The van der Waals surface area contributed by atoms with Crippen LogP contribution in [0, 0.1) is 10.8 Å². The second-order valence-corrected chi connectivity index (χ2v) is 6.60. The minimum Gasteiger partial charge on any atom is -0.342 e. The smallest absolute Gasteiger partial charge is 0.230 e. The molecule has 0 radical (unpaired) electrons. The molecule has 2 heterocycles. The highest BCUT2D eigenvalue weighted by Crippen LogP contribution is 2.40. The third-order valence-electron chi connectivity index (χ3n) is 5.83. The molecule has 3 heteroatoms. The third-order valence-corrected chi connectivity index (χ3v) is 5.83. The molecule has 2 saturated heterocycles. The molecule has 3 nitrogen and oxygen atoms in total. The first-order valence-corrected chi connectivity index (χ1v) is 8.11. The van der Waals surface area contributed by atoms with Gasteiger partial charge >= 0.3 is 0 Å². The zero-order valence-electron chi connectivity index (χ0n) is 12.9. The third kappa shape index (κ3) is 2.67. The van der Waals surface area contributed by atoms with Crippen molar-refractivity contribution in [1.82, 2.24) is 10.2 Å². The van der Waals surface area contributed by atoms with E-state index in [-0.39, 0.29) is 5.41 Å². The largest absolute Gasteiger partial charge is 0.342 e. The molecule has 0 spiro atoms. The SMILES string of the molecule is CCC1(CC)CCN(C(=O)C2(CC)CCCNC2)C1. The molecule has 0 bridgehead atoms. The van der Waals surface area contributed by atoms with Gasteiger partial charge in [-0.05, 0) is 50.5 Å². The first-order chi connectivity index (χ1) is 9.11. The van der Waals surface area contributed by atoms with Gasteiger partial charge in [-0.15, -0.1) is 0 Å². The van der Waals surface area contributed by atoms with Crippen LogP contribution in [-0.2, 0) is 4.79 Å². The van der Waals surface area contributed by atoms with E-state index in [0.717, 1.165) is 45.4 Å². The first kappa shape index (κ1) is 14.8. The second kappa shape index (κ2) is 5.82. The number of piperidine rings is 1. The maximum Gasteiger partial charge on any atom is 0.230 e. The van der Waals surface area contributed by atoms with Crippen molar-refractivity contribution in [1.29, 1.82) is 0 Å². The molecule has 19 heavy (non-hydrogen) atoms. The number of carbonyl (C=O) groups excluding carboxylic acids is 1. The number of nitrogens with zero attached hydrogens (tertiary/aromatic N) is 1. The van der Waals surface area contributed by atoms with Crippen LogP contribution in [-0.4, -0.2) is 37.0 Å². The number of nitrogens with one attached hydrogen (secondary N) is 1. The van der Waals surface area contributed by atoms with Crippen LogP contribution in [0.25, 0.3) is 0 Å². The summed E-state index contributed by atoms with van der Waals surface area (Å²) in [5.41, 5.74) is 0.280. The summed E-state index contributed by atoms with van der Waals surface area (Å²) in [6, 6.07) is 0. The van der Waals surface area contributed by atoms with E-state index < -0.39 is 0 Å². The van der Waals surface area contributed by atoms with Crippen molar-refractivity contribution < 1.29 is 4.79 Å². The predicted molar refractivity (Wildman–Crippen MR) is 79.0 cm³/mol. The van der Waals surface area contributed by atoms with Crippen LogP contribution in [0.5, 0.6) is 0 Å². The maximum atomic E-state index is 13.0. The van der Waals surface area contributed by atoms with Crippen LogP contribution in [0.15, 0.2) is 0 Å². The van der Waals surface area contributed by atoms with E-state index >= 15 is 0 Å². The fraction of sp³-hybridized carbons (Fsp3) is 0.938. The number of rotatable bonds is 4. The summed E-state index contributed by atoms with van der Waals surface area (Å²) in [5, 5.41) is 3.43. The normalized spacial score (nSPS) is 30.6. The number of likely N-dealkylation sites (tertiary alicyclic amines) is 1. The Balaban J connectivity index is 2.07. The van der Waals surface area contributed by atoms with E-state index in [9.17, 15) is 4.79 Å². The monoisotopic (exact) mass is 266 g/mol. The maximum absolute atomic E-state index is 13.0. The van der Waals surface area contributed by atoms with Gasteiger partial charge in [0.1, 0.15) is 0 Å². The molecule has 1 unspecified atom stereocenters. The molecule has 1 amide bonds. The summed E-state index contributed by atoms with van der Waals surface area (Å²) in [4.78, 5) is 15.1. The number of amides is 1. The summed E-state index contributed by atoms with van der Waals surface area (Å²) in [5.74, 6) is 0.422. The molecule has 110 valence electrons. The van der Waals surface area contributed by atoms with Gasteiger partial charge in [-0.1, -0.05) is 20.8 Å². The second-order valence-electron chi connectivity index (χ2n) is 6.60. The van der Waals surface area contributed by atoms with E-state index in [1.54, 1.807) is 0 Å². The van der Waals surface area contributed by atoms with Crippen molar-refractivity contribution in [3.8, 4) is 0 Å². The van der Waals surface area contributed by atoms with Gasteiger partial charge in [0.2, 0.25) is 5.91 Å². The van der Waals surface area contributed by atoms with Gasteiger partial charge in [0, 0.05) is 19.6 Å².